The number of hydrogen-bond donors (Lipinski definition) is 1. The highest BCUT2D eigenvalue weighted by Crippen LogP contribution is 2.33. The molecule has 1 heterocycles. The summed E-state index contributed by atoms with van der Waals surface area (Å²) < 4.78 is 0. The van der Waals surface area contributed by atoms with Crippen molar-refractivity contribution in [3.63, 3.8) is 0 Å². The quantitative estimate of drug-likeness (QED) is 0.733. The summed E-state index contributed by atoms with van der Waals surface area (Å²) in [6, 6.07) is 19.7. The van der Waals surface area contributed by atoms with Gasteiger partial charge in [0.05, 0.1) is 17.4 Å². The zero-order valence-corrected chi connectivity index (χ0v) is 13.3. The molecule has 1 unspecified atom stereocenters. The van der Waals surface area contributed by atoms with Crippen LogP contribution in [0, 0.1) is 0 Å². The van der Waals surface area contributed by atoms with E-state index >= 15 is 0 Å². The maximum atomic E-state index is 11.0. The maximum absolute atomic E-state index is 11.0. The first-order valence-electron chi connectivity index (χ1n) is 7.23. The van der Waals surface area contributed by atoms with Crippen LogP contribution in [-0.4, -0.2) is 21.2 Å². The van der Waals surface area contributed by atoms with Gasteiger partial charge in [-0.25, -0.2) is 4.98 Å². The molecule has 0 aliphatic carbocycles. The van der Waals surface area contributed by atoms with Crippen LogP contribution in [0.5, 0.6) is 0 Å². The molecule has 0 aliphatic rings. The summed E-state index contributed by atoms with van der Waals surface area (Å²) in [4.78, 5) is 18.8. The number of carboxylic acids is 1. The van der Waals surface area contributed by atoms with Gasteiger partial charge in [-0.05, 0) is 6.92 Å². The highest BCUT2D eigenvalue weighted by molar-refractivity contribution is 8.00. The van der Waals surface area contributed by atoms with E-state index in [0.717, 1.165) is 34.3 Å². The van der Waals surface area contributed by atoms with Crippen molar-refractivity contribution < 1.29 is 9.90 Å². The Morgan fingerprint density at radius 1 is 1.04 bits per heavy atom. The topological polar surface area (TPSA) is 68.8 Å². The van der Waals surface area contributed by atoms with Crippen molar-refractivity contribution in [3.05, 3.63) is 60.7 Å². The molecule has 0 aliphatic heterocycles. The van der Waals surface area contributed by atoms with Gasteiger partial charge in [-0.3, -0.25) is 0 Å². The molecular formula is C18H15N2O2S-. The number of imidazole rings is 1. The summed E-state index contributed by atoms with van der Waals surface area (Å²) in [6.45, 7) is 1.59. The summed E-state index contributed by atoms with van der Waals surface area (Å²) in [5.41, 5.74) is 3.68. The number of benzene rings is 2. The van der Waals surface area contributed by atoms with Crippen LogP contribution in [0.25, 0.3) is 22.5 Å². The summed E-state index contributed by atoms with van der Waals surface area (Å²) in [5.74, 6) is -1.10. The molecule has 0 radical (unpaired) electrons. The van der Waals surface area contributed by atoms with Gasteiger partial charge >= 0.3 is 0 Å². The molecule has 1 aromatic heterocycles. The highest BCUT2D eigenvalue weighted by atomic mass is 32.2. The Bertz CT molecular complexity index is 743. The first-order valence-corrected chi connectivity index (χ1v) is 8.11. The van der Waals surface area contributed by atoms with Crippen molar-refractivity contribution in [2.45, 2.75) is 17.3 Å². The van der Waals surface area contributed by atoms with Gasteiger partial charge in [0.2, 0.25) is 0 Å². The number of carboxylic acid groups (broad SMARTS) is 1. The fourth-order valence-corrected chi connectivity index (χ4v) is 2.98. The van der Waals surface area contributed by atoms with Crippen LogP contribution in [0.3, 0.4) is 0 Å². The molecule has 3 rings (SSSR count). The number of aliphatic carboxylic acids is 1. The molecule has 4 nitrogen and oxygen atoms in total. The van der Waals surface area contributed by atoms with Gasteiger partial charge in [0.25, 0.3) is 0 Å². The van der Waals surface area contributed by atoms with E-state index in [1.54, 1.807) is 6.92 Å². The Balaban J connectivity index is 2.06. The number of H-pyrrole nitrogens is 1. The fourth-order valence-electron chi connectivity index (χ4n) is 2.24. The third-order valence-corrected chi connectivity index (χ3v) is 4.37. The summed E-state index contributed by atoms with van der Waals surface area (Å²) in [5, 5.41) is 10.9. The van der Waals surface area contributed by atoms with Crippen LogP contribution in [0.1, 0.15) is 6.92 Å². The third-order valence-electron chi connectivity index (χ3n) is 3.41. The van der Waals surface area contributed by atoms with Gasteiger partial charge in [0, 0.05) is 16.4 Å². The second-order valence-corrected chi connectivity index (χ2v) is 6.41. The second-order valence-electron chi connectivity index (χ2n) is 5.08. The molecule has 0 bridgehead atoms. The Labute approximate surface area is 138 Å². The average Bonchev–Trinajstić information content (AvgIpc) is 3.00. The number of carbonyl (C=O) groups excluding carboxylic acids is 1. The Morgan fingerprint density at radius 2 is 1.61 bits per heavy atom. The van der Waals surface area contributed by atoms with Crippen molar-refractivity contribution in [3.8, 4) is 22.5 Å². The number of hydrogen-bond acceptors (Lipinski definition) is 4. The molecule has 1 atom stereocenters. The molecule has 1 N–H and O–H groups in total. The van der Waals surface area contributed by atoms with E-state index in [1.165, 1.54) is 0 Å². The lowest BCUT2D eigenvalue weighted by Gasteiger charge is -2.08. The predicted molar refractivity (Wildman–Crippen MR) is 89.8 cm³/mol. The van der Waals surface area contributed by atoms with E-state index in [4.69, 9.17) is 0 Å². The van der Waals surface area contributed by atoms with Crippen LogP contribution in [-0.2, 0) is 4.79 Å². The molecule has 5 heteroatoms. The zero-order valence-electron chi connectivity index (χ0n) is 12.5. The van der Waals surface area contributed by atoms with Crippen molar-refractivity contribution in [1.82, 2.24) is 9.97 Å². The first-order chi connectivity index (χ1) is 11.1. The minimum atomic E-state index is -1.10. The van der Waals surface area contributed by atoms with Gasteiger partial charge in [-0.1, -0.05) is 72.4 Å². The van der Waals surface area contributed by atoms with E-state index in [2.05, 4.69) is 9.97 Å². The van der Waals surface area contributed by atoms with E-state index in [-0.39, 0.29) is 0 Å². The Morgan fingerprint density at radius 3 is 2.17 bits per heavy atom. The van der Waals surface area contributed by atoms with E-state index < -0.39 is 11.2 Å². The minimum Gasteiger partial charge on any atom is -0.549 e. The monoisotopic (exact) mass is 323 g/mol. The highest BCUT2D eigenvalue weighted by Gasteiger charge is 2.16. The zero-order chi connectivity index (χ0) is 16.2. The molecule has 0 fully saturated rings. The summed E-state index contributed by atoms with van der Waals surface area (Å²) in [7, 11) is 0. The molecule has 0 amide bonds. The first kappa shape index (κ1) is 15.4. The maximum Gasteiger partial charge on any atom is 0.167 e. The molecular weight excluding hydrogens is 308 g/mol. The van der Waals surface area contributed by atoms with Crippen LogP contribution < -0.4 is 5.11 Å². The smallest absolute Gasteiger partial charge is 0.167 e. The fraction of sp³-hybridized carbons (Fsp3) is 0.111. The number of carbonyl (C=O) groups is 1. The van der Waals surface area contributed by atoms with Gasteiger partial charge < -0.3 is 14.9 Å². The number of nitrogens with zero attached hydrogens (tertiary/aromatic N) is 1. The third kappa shape index (κ3) is 3.46. The molecule has 2 aromatic carbocycles. The lowest BCUT2D eigenvalue weighted by molar-refractivity contribution is -0.304. The summed E-state index contributed by atoms with van der Waals surface area (Å²) >= 11 is 1.15. The molecule has 0 saturated carbocycles. The number of aromatic amines is 1. The molecule has 116 valence electrons. The van der Waals surface area contributed by atoms with Crippen LogP contribution in [0.4, 0.5) is 0 Å². The molecule has 23 heavy (non-hydrogen) atoms. The molecule has 0 saturated heterocycles. The average molecular weight is 323 g/mol. The van der Waals surface area contributed by atoms with E-state index in [9.17, 15) is 9.90 Å². The largest absolute Gasteiger partial charge is 0.549 e. The van der Waals surface area contributed by atoms with Crippen molar-refractivity contribution in [2.75, 3.05) is 0 Å². The van der Waals surface area contributed by atoms with Gasteiger partial charge in [0.15, 0.2) is 5.16 Å². The standard InChI is InChI=1S/C18H16N2O2S/c1-12(17(21)22)23-18-19-15(13-8-4-2-5-9-13)16(20-18)14-10-6-3-7-11-14/h2-12H,1H3,(H,19,20)(H,21,22)/p-1. The lowest BCUT2D eigenvalue weighted by atomic mass is 10.1. The number of nitrogens with one attached hydrogen (secondary N) is 1. The van der Waals surface area contributed by atoms with E-state index in [1.807, 2.05) is 60.7 Å². The normalized spacial score (nSPS) is 12.0. The van der Waals surface area contributed by atoms with E-state index in [0.29, 0.717) is 5.16 Å². The molecule has 0 spiro atoms. The number of thioether (sulfide) groups is 1. The van der Waals surface area contributed by atoms with Crippen molar-refractivity contribution in [1.29, 1.82) is 0 Å². The van der Waals surface area contributed by atoms with Gasteiger partial charge in [0.1, 0.15) is 0 Å². The van der Waals surface area contributed by atoms with Crippen LogP contribution >= 0.6 is 11.8 Å². The van der Waals surface area contributed by atoms with Crippen LogP contribution in [0.15, 0.2) is 65.8 Å². The number of aromatic nitrogens is 2. The Kier molecular flexibility index (Phi) is 4.48. The molecule has 3 aromatic rings. The SMILES string of the molecule is CC(Sc1nc(-c2ccccc2)c(-c2ccccc2)[nH]1)C(=O)[O-]. The van der Waals surface area contributed by atoms with Crippen LogP contribution in [0.2, 0.25) is 0 Å². The van der Waals surface area contributed by atoms with Crippen molar-refractivity contribution in [2.24, 2.45) is 0 Å². The van der Waals surface area contributed by atoms with Gasteiger partial charge in [-0.2, -0.15) is 0 Å². The van der Waals surface area contributed by atoms with Crippen molar-refractivity contribution >= 4 is 17.7 Å². The second kappa shape index (κ2) is 6.71. The van der Waals surface area contributed by atoms with Gasteiger partial charge in [-0.15, -0.1) is 0 Å². The predicted octanol–water partition coefficient (Wildman–Crippen LogP) is 2.97. The minimum absolute atomic E-state index is 0.569. The lowest BCUT2D eigenvalue weighted by Crippen LogP contribution is -2.31. The summed E-state index contributed by atoms with van der Waals surface area (Å²) in [6.07, 6.45) is 0. The Hall–Kier alpha value is -2.53. The number of rotatable bonds is 5.